The third-order valence-corrected chi connectivity index (χ3v) is 3.95. The number of aryl methyl sites for hydroxylation is 1. The molecule has 0 spiro atoms. The molecule has 0 N–H and O–H groups in total. The fraction of sp³-hybridized carbons (Fsp3) is 0.417. The number of nitrogens with zero attached hydrogens (tertiary/aromatic N) is 4. The van der Waals surface area contributed by atoms with E-state index in [1.807, 2.05) is 12.1 Å². The second-order valence-electron chi connectivity index (χ2n) is 4.17. The number of hydrogen-bond acceptors (Lipinski definition) is 5. The Labute approximate surface area is 110 Å². The zero-order chi connectivity index (χ0) is 12.4. The van der Waals surface area contributed by atoms with Gasteiger partial charge in [0, 0.05) is 0 Å². The van der Waals surface area contributed by atoms with E-state index in [0.29, 0.717) is 5.25 Å². The van der Waals surface area contributed by atoms with Crippen LogP contribution in [0.4, 0.5) is 0 Å². The summed E-state index contributed by atoms with van der Waals surface area (Å²) < 4.78 is 6.96. The maximum atomic E-state index is 5.17. The average Bonchev–Trinajstić information content (AvgIpc) is 2.82. The molecular formula is C12H14N4OS. The monoisotopic (exact) mass is 262 g/mol. The smallest absolute Gasteiger partial charge is 0.214 e. The van der Waals surface area contributed by atoms with Gasteiger partial charge in [0.2, 0.25) is 5.16 Å². The summed E-state index contributed by atoms with van der Waals surface area (Å²) in [6, 6.07) is 8.30. The van der Waals surface area contributed by atoms with E-state index < -0.39 is 0 Å². The Bertz CT molecular complexity index is 538. The van der Waals surface area contributed by atoms with Crippen LogP contribution in [0, 0.1) is 0 Å². The Morgan fingerprint density at radius 3 is 3.06 bits per heavy atom. The third-order valence-electron chi connectivity index (χ3n) is 2.88. The number of hydrogen-bond donors (Lipinski definition) is 0. The van der Waals surface area contributed by atoms with Crippen LogP contribution in [-0.2, 0) is 11.2 Å². The van der Waals surface area contributed by atoms with Crippen molar-refractivity contribution in [1.82, 2.24) is 20.2 Å². The lowest BCUT2D eigenvalue weighted by atomic mass is 10.1. The van der Waals surface area contributed by atoms with Crippen molar-refractivity contribution >= 4 is 11.8 Å². The highest BCUT2D eigenvalue weighted by Gasteiger charge is 2.23. The molecule has 94 valence electrons. The fourth-order valence-electron chi connectivity index (χ4n) is 1.75. The molecule has 2 heterocycles. The van der Waals surface area contributed by atoms with Crippen molar-refractivity contribution < 1.29 is 4.74 Å². The first kappa shape index (κ1) is 11.7. The Hall–Kier alpha value is -1.40. The second kappa shape index (κ2) is 5.07. The van der Waals surface area contributed by atoms with Crippen LogP contribution >= 0.6 is 11.8 Å². The predicted octanol–water partition coefficient (Wildman–Crippen LogP) is 1.72. The van der Waals surface area contributed by atoms with Gasteiger partial charge in [0.15, 0.2) is 0 Å². The van der Waals surface area contributed by atoms with Gasteiger partial charge in [-0.15, -0.1) is 5.10 Å². The highest BCUT2D eigenvalue weighted by Crippen LogP contribution is 2.27. The van der Waals surface area contributed by atoms with Gasteiger partial charge in [0.1, 0.15) is 0 Å². The van der Waals surface area contributed by atoms with E-state index in [2.05, 4.69) is 34.6 Å². The first-order chi connectivity index (χ1) is 8.86. The predicted molar refractivity (Wildman–Crippen MR) is 69.0 cm³/mol. The molecule has 0 unspecified atom stereocenters. The van der Waals surface area contributed by atoms with Crippen molar-refractivity contribution in [3.63, 3.8) is 0 Å². The van der Waals surface area contributed by atoms with Crippen LogP contribution in [0.25, 0.3) is 5.69 Å². The van der Waals surface area contributed by atoms with Crippen molar-refractivity contribution in [1.29, 1.82) is 0 Å². The molecule has 0 saturated carbocycles. The maximum absolute atomic E-state index is 5.17. The summed E-state index contributed by atoms with van der Waals surface area (Å²) in [5.74, 6) is 0. The molecule has 5 nitrogen and oxygen atoms in total. The molecule has 0 bridgehead atoms. The highest BCUT2D eigenvalue weighted by atomic mass is 32.2. The molecule has 1 aromatic carbocycles. The van der Waals surface area contributed by atoms with Crippen molar-refractivity contribution in [3.8, 4) is 5.69 Å². The minimum atomic E-state index is 0.476. The van der Waals surface area contributed by atoms with Gasteiger partial charge in [0.05, 0.1) is 24.2 Å². The van der Waals surface area contributed by atoms with E-state index in [0.717, 1.165) is 30.5 Å². The molecule has 6 heteroatoms. The van der Waals surface area contributed by atoms with Gasteiger partial charge in [-0.25, -0.2) is 0 Å². The molecule has 1 fully saturated rings. The Morgan fingerprint density at radius 2 is 2.33 bits per heavy atom. The van der Waals surface area contributed by atoms with Gasteiger partial charge in [-0.1, -0.05) is 30.8 Å². The molecule has 0 radical (unpaired) electrons. The van der Waals surface area contributed by atoms with Crippen molar-refractivity contribution in [2.45, 2.75) is 23.8 Å². The van der Waals surface area contributed by atoms with E-state index in [-0.39, 0.29) is 0 Å². The largest absolute Gasteiger partial charge is 0.379 e. The van der Waals surface area contributed by atoms with Gasteiger partial charge < -0.3 is 4.74 Å². The third kappa shape index (κ3) is 2.26. The summed E-state index contributed by atoms with van der Waals surface area (Å²) in [6.07, 6.45) is 1.01. The minimum Gasteiger partial charge on any atom is -0.379 e. The lowest BCUT2D eigenvalue weighted by Crippen LogP contribution is -2.30. The number of tetrazole rings is 1. The first-order valence-electron chi connectivity index (χ1n) is 5.99. The van der Waals surface area contributed by atoms with E-state index in [9.17, 15) is 0 Å². The lowest BCUT2D eigenvalue weighted by Gasteiger charge is -2.24. The average molecular weight is 262 g/mol. The van der Waals surface area contributed by atoms with Crippen LogP contribution in [0.2, 0.25) is 0 Å². The Kier molecular flexibility index (Phi) is 3.29. The summed E-state index contributed by atoms with van der Waals surface area (Å²) in [7, 11) is 0. The van der Waals surface area contributed by atoms with Crippen LogP contribution in [0.15, 0.2) is 29.4 Å². The van der Waals surface area contributed by atoms with Crippen LogP contribution in [0.5, 0.6) is 0 Å². The molecule has 18 heavy (non-hydrogen) atoms. The fourth-order valence-corrected chi connectivity index (χ4v) is 2.71. The van der Waals surface area contributed by atoms with Gasteiger partial charge in [0.25, 0.3) is 0 Å². The van der Waals surface area contributed by atoms with E-state index in [1.165, 1.54) is 5.56 Å². The van der Waals surface area contributed by atoms with Gasteiger partial charge in [-0.2, -0.15) is 4.68 Å². The number of rotatable bonds is 4. The standard InChI is InChI=1S/C12H14N4OS/c1-2-9-4-3-5-10(6-9)16-12(13-14-15-16)18-11-7-17-8-11/h3-6,11H,2,7-8H2,1H3. The van der Waals surface area contributed by atoms with E-state index in [4.69, 9.17) is 4.74 Å². The van der Waals surface area contributed by atoms with Crippen LogP contribution in [-0.4, -0.2) is 38.7 Å². The maximum Gasteiger partial charge on any atom is 0.214 e. The summed E-state index contributed by atoms with van der Waals surface area (Å²) >= 11 is 1.67. The highest BCUT2D eigenvalue weighted by molar-refractivity contribution is 7.99. The van der Waals surface area contributed by atoms with Crippen molar-refractivity contribution in [3.05, 3.63) is 29.8 Å². The van der Waals surface area contributed by atoms with E-state index in [1.54, 1.807) is 16.4 Å². The molecule has 3 rings (SSSR count). The molecular weight excluding hydrogens is 248 g/mol. The van der Waals surface area contributed by atoms with Crippen LogP contribution < -0.4 is 0 Å². The Morgan fingerprint density at radius 1 is 1.44 bits per heavy atom. The normalized spacial score (nSPS) is 15.6. The van der Waals surface area contributed by atoms with Gasteiger partial charge in [-0.05, 0) is 34.5 Å². The SMILES string of the molecule is CCc1cccc(-n2nnnc2SC2COC2)c1. The van der Waals surface area contributed by atoms with Crippen molar-refractivity contribution in [2.75, 3.05) is 13.2 Å². The van der Waals surface area contributed by atoms with Gasteiger partial charge in [-0.3, -0.25) is 0 Å². The minimum absolute atomic E-state index is 0.476. The molecule has 0 amide bonds. The van der Waals surface area contributed by atoms with Crippen LogP contribution in [0.3, 0.4) is 0 Å². The molecule has 1 aromatic heterocycles. The second-order valence-corrected chi connectivity index (χ2v) is 5.44. The number of benzene rings is 1. The first-order valence-corrected chi connectivity index (χ1v) is 6.87. The molecule has 1 saturated heterocycles. The molecule has 2 aromatic rings. The summed E-state index contributed by atoms with van der Waals surface area (Å²) in [5.41, 5.74) is 2.30. The summed E-state index contributed by atoms with van der Waals surface area (Å²) in [6.45, 7) is 3.71. The number of thioether (sulfide) groups is 1. The molecule has 0 aliphatic carbocycles. The summed E-state index contributed by atoms with van der Waals surface area (Å²) in [5, 5.41) is 13.2. The molecule has 1 aliphatic rings. The quantitative estimate of drug-likeness (QED) is 0.839. The number of aromatic nitrogens is 4. The molecule has 1 aliphatic heterocycles. The topological polar surface area (TPSA) is 52.8 Å². The summed E-state index contributed by atoms with van der Waals surface area (Å²) in [4.78, 5) is 0. The number of ether oxygens (including phenoxy) is 1. The zero-order valence-electron chi connectivity index (χ0n) is 10.1. The zero-order valence-corrected chi connectivity index (χ0v) is 10.9. The molecule has 0 atom stereocenters. The van der Waals surface area contributed by atoms with Crippen LogP contribution in [0.1, 0.15) is 12.5 Å². The Balaban J connectivity index is 1.88. The lowest BCUT2D eigenvalue weighted by molar-refractivity contribution is 0.0454. The van der Waals surface area contributed by atoms with E-state index >= 15 is 0 Å². The van der Waals surface area contributed by atoms with Gasteiger partial charge >= 0.3 is 0 Å². The van der Waals surface area contributed by atoms with Crippen molar-refractivity contribution in [2.24, 2.45) is 0 Å².